The number of hydrogen-bond donors (Lipinski definition) is 4. The molecule has 0 aliphatic rings. The Morgan fingerprint density at radius 3 is 1.94 bits per heavy atom. The van der Waals surface area contributed by atoms with E-state index >= 15 is 0 Å². The smallest absolute Gasteiger partial charge is 0.414 e. The molecule has 0 saturated heterocycles. The van der Waals surface area contributed by atoms with Gasteiger partial charge in [-0.3, -0.25) is 4.57 Å². The van der Waals surface area contributed by atoms with Crippen LogP contribution in [0.4, 0.5) is 0 Å². The van der Waals surface area contributed by atoms with Crippen molar-refractivity contribution in [2.75, 3.05) is 6.29 Å². The number of nitrogens with two attached hydrogens (primary N) is 1. The average Bonchev–Trinajstić information content (AvgIpc) is 2.18. The van der Waals surface area contributed by atoms with Crippen molar-refractivity contribution in [1.29, 1.82) is 0 Å². The molecule has 0 amide bonds. The Balaban J connectivity index is 0. The molecule has 0 aromatic rings. The van der Waals surface area contributed by atoms with Crippen LogP contribution in [0.5, 0.6) is 0 Å². The van der Waals surface area contributed by atoms with Crippen molar-refractivity contribution in [3.8, 4) is 0 Å². The highest BCUT2D eigenvalue weighted by atomic mass is 31.2. The van der Waals surface area contributed by atoms with E-state index in [2.05, 4.69) is 0 Å². The minimum Gasteiger partial charge on any atom is -0.473 e. The lowest BCUT2D eigenvalue weighted by Gasteiger charge is -2.14. The van der Waals surface area contributed by atoms with E-state index < -0.39 is 19.5 Å². The second-order valence-electron chi connectivity index (χ2n) is 2.75. The molecule has 5 N–H and O–H groups in total. The Bertz CT molecular complexity index is 268. The second kappa shape index (κ2) is 8.23. The highest BCUT2D eigenvalue weighted by Crippen LogP contribution is 2.41. The lowest BCUT2D eigenvalue weighted by Crippen LogP contribution is -2.09. The minimum atomic E-state index is -3.47. The molecule has 9 heteroatoms. The Morgan fingerprint density at radius 1 is 1.38 bits per heavy atom. The van der Waals surface area contributed by atoms with Gasteiger partial charge in [-0.1, -0.05) is 6.92 Å². The molecule has 0 saturated carbocycles. The Kier molecular flexibility index (Phi) is 8.97. The zero-order chi connectivity index (χ0) is 13.4. The third-order valence-electron chi connectivity index (χ3n) is 1.33. The molecule has 0 spiro atoms. The van der Waals surface area contributed by atoms with Gasteiger partial charge >= 0.3 is 19.5 Å². The fourth-order valence-electron chi connectivity index (χ4n) is 0.399. The molecule has 0 heterocycles. The van der Waals surface area contributed by atoms with E-state index in [1.165, 1.54) is 0 Å². The molecule has 0 fully saturated rings. The molecule has 0 rings (SSSR count). The first-order valence-corrected chi connectivity index (χ1v) is 6.09. The molecule has 0 aromatic heterocycles. The molecule has 0 radical (unpaired) electrons. The fraction of sp³-hybridized carbons (Fsp3) is 0.714. The van der Waals surface area contributed by atoms with Crippen molar-refractivity contribution in [2.24, 2.45) is 5.73 Å². The van der Waals surface area contributed by atoms with Gasteiger partial charge in [0.2, 0.25) is 0 Å². The number of carboxylic acids is 2. The Morgan fingerprint density at radius 2 is 1.75 bits per heavy atom. The van der Waals surface area contributed by atoms with E-state index in [1.807, 2.05) is 6.92 Å². The third kappa shape index (κ3) is 11.1. The quantitative estimate of drug-likeness (QED) is 0.408. The van der Waals surface area contributed by atoms with Gasteiger partial charge in [-0.15, -0.1) is 0 Å². The summed E-state index contributed by atoms with van der Waals surface area (Å²) in [6.45, 7) is 3.61. The standard InChI is InChI=1S/C5H14NO3P.C2H2O4/c1-3-5(2)9-10(7,8)4-6;3-1(4)2(5)6/h5H,3-4,6H2,1-2H3,(H,7,8);(H,3,4)(H,5,6). The van der Waals surface area contributed by atoms with E-state index in [4.69, 9.17) is 35.0 Å². The second-order valence-corrected chi connectivity index (χ2v) is 4.61. The van der Waals surface area contributed by atoms with Crippen LogP contribution in [0.2, 0.25) is 0 Å². The minimum absolute atomic E-state index is 0.195. The zero-order valence-electron chi connectivity index (χ0n) is 8.99. The lowest BCUT2D eigenvalue weighted by atomic mass is 10.3. The van der Waals surface area contributed by atoms with Crippen LogP contribution in [0.15, 0.2) is 0 Å². The van der Waals surface area contributed by atoms with Crippen molar-refractivity contribution < 1.29 is 33.8 Å². The molecule has 2 unspecified atom stereocenters. The number of carboxylic acid groups (broad SMARTS) is 2. The zero-order valence-corrected chi connectivity index (χ0v) is 9.89. The van der Waals surface area contributed by atoms with Gasteiger partial charge in [0.05, 0.1) is 12.4 Å². The van der Waals surface area contributed by atoms with Gasteiger partial charge in [0, 0.05) is 0 Å². The van der Waals surface area contributed by atoms with Crippen LogP contribution >= 0.6 is 7.60 Å². The molecule has 96 valence electrons. The van der Waals surface area contributed by atoms with Crippen molar-refractivity contribution in [2.45, 2.75) is 26.4 Å². The summed E-state index contributed by atoms with van der Waals surface area (Å²) in [5.41, 5.74) is 4.97. The summed E-state index contributed by atoms with van der Waals surface area (Å²) in [6, 6.07) is 0. The van der Waals surface area contributed by atoms with Crippen LogP contribution < -0.4 is 5.73 Å². The van der Waals surface area contributed by atoms with Crippen molar-refractivity contribution in [1.82, 2.24) is 0 Å². The maximum atomic E-state index is 10.8. The average molecular weight is 257 g/mol. The molecular formula is C7H16NO7P. The summed E-state index contributed by atoms with van der Waals surface area (Å²) in [6.07, 6.45) is 0.210. The van der Waals surface area contributed by atoms with Crippen LogP contribution in [-0.4, -0.2) is 39.4 Å². The van der Waals surface area contributed by atoms with Crippen LogP contribution in [0.25, 0.3) is 0 Å². The third-order valence-corrected chi connectivity index (χ3v) is 2.48. The van der Waals surface area contributed by atoms with Crippen LogP contribution in [-0.2, 0) is 18.7 Å². The van der Waals surface area contributed by atoms with Gasteiger partial charge in [-0.05, 0) is 13.3 Å². The van der Waals surface area contributed by atoms with Gasteiger partial charge in [0.25, 0.3) is 0 Å². The predicted molar refractivity (Wildman–Crippen MR) is 55.0 cm³/mol. The molecule has 0 aliphatic carbocycles. The van der Waals surface area contributed by atoms with Crippen LogP contribution in [0, 0.1) is 0 Å². The SMILES string of the molecule is CCC(C)OP(=O)(O)CN.O=C(O)C(=O)O. The summed E-state index contributed by atoms with van der Waals surface area (Å²) >= 11 is 0. The number of hydrogen-bond acceptors (Lipinski definition) is 5. The number of aliphatic carboxylic acids is 2. The first-order valence-electron chi connectivity index (χ1n) is 4.32. The normalized spacial score (nSPS) is 15.2. The fourth-order valence-corrected chi connectivity index (χ4v) is 1.20. The van der Waals surface area contributed by atoms with Gasteiger partial charge < -0.3 is 25.4 Å². The van der Waals surface area contributed by atoms with Crippen LogP contribution in [0.3, 0.4) is 0 Å². The highest BCUT2D eigenvalue weighted by Gasteiger charge is 2.18. The van der Waals surface area contributed by atoms with Gasteiger partial charge in [0.15, 0.2) is 0 Å². The summed E-state index contributed by atoms with van der Waals surface area (Å²) in [5, 5.41) is 14.8. The van der Waals surface area contributed by atoms with Crippen LogP contribution in [0.1, 0.15) is 20.3 Å². The lowest BCUT2D eigenvalue weighted by molar-refractivity contribution is -0.159. The molecule has 0 aromatic carbocycles. The Hall–Kier alpha value is -0.950. The summed E-state index contributed by atoms with van der Waals surface area (Å²) in [7, 11) is -3.47. The first kappa shape index (κ1) is 17.4. The molecule has 8 nitrogen and oxygen atoms in total. The molecular weight excluding hydrogens is 241 g/mol. The molecule has 0 bridgehead atoms. The number of rotatable bonds is 4. The van der Waals surface area contributed by atoms with E-state index in [0.29, 0.717) is 6.42 Å². The van der Waals surface area contributed by atoms with E-state index in [1.54, 1.807) is 6.92 Å². The molecule has 0 aliphatic heterocycles. The summed E-state index contributed by atoms with van der Waals surface area (Å²) < 4.78 is 15.5. The van der Waals surface area contributed by atoms with E-state index in [-0.39, 0.29) is 12.4 Å². The molecule has 16 heavy (non-hydrogen) atoms. The first-order chi connectivity index (χ1) is 7.16. The van der Waals surface area contributed by atoms with Gasteiger partial charge in [-0.25, -0.2) is 9.59 Å². The largest absolute Gasteiger partial charge is 0.473 e. The summed E-state index contributed by atoms with van der Waals surface area (Å²) in [4.78, 5) is 27.0. The van der Waals surface area contributed by atoms with Crippen molar-refractivity contribution in [3.63, 3.8) is 0 Å². The van der Waals surface area contributed by atoms with Gasteiger partial charge in [0.1, 0.15) is 0 Å². The maximum absolute atomic E-state index is 10.8. The van der Waals surface area contributed by atoms with Crippen molar-refractivity contribution in [3.05, 3.63) is 0 Å². The summed E-state index contributed by atoms with van der Waals surface area (Å²) in [5.74, 6) is -3.65. The maximum Gasteiger partial charge on any atom is 0.414 e. The predicted octanol–water partition coefficient (Wildman–Crippen LogP) is 0.0587. The number of carbonyl (C=O) groups is 2. The van der Waals surface area contributed by atoms with E-state index in [0.717, 1.165) is 0 Å². The highest BCUT2D eigenvalue weighted by molar-refractivity contribution is 7.52. The van der Waals surface area contributed by atoms with E-state index in [9.17, 15) is 4.57 Å². The Labute approximate surface area is 92.6 Å². The monoisotopic (exact) mass is 257 g/mol. The topological polar surface area (TPSA) is 147 Å². The van der Waals surface area contributed by atoms with Gasteiger partial charge in [-0.2, -0.15) is 0 Å². The molecule has 2 atom stereocenters. The van der Waals surface area contributed by atoms with Crippen molar-refractivity contribution >= 4 is 19.5 Å².